The fourth-order valence-corrected chi connectivity index (χ4v) is 5.03. The Hall–Kier alpha value is -2.58. The molecule has 4 rings (SSSR count). The van der Waals surface area contributed by atoms with Gasteiger partial charge in [-0.15, -0.1) is 10.2 Å². The molecular formula is C25H33ClN4O4. The second-order valence-electron chi connectivity index (χ2n) is 9.98. The molecule has 2 aromatic rings. The first-order valence-corrected chi connectivity index (χ1v) is 12.0. The normalized spacial score (nSPS) is 21.9. The summed E-state index contributed by atoms with van der Waals surface area (Å²) in [5.41, 5.74) is 1.01. The zero-order valence-electron chi connectivity index (χ0n) is 20.5. The van der Waals surface area contributed by atoms with E-state index < -0.39 is 5.60 Å². The fourth-order valence-electron chi connectivity index (χ4n) is 4.87. The molecule has 9 heteroatoms. The van der Waals surface area contributed by atoms with E-state index in [1.54, 1.807) is 19.2 Å². The van der Waals surface area contributed by atoms with Crippen molar-refractivity contribution >= 4 is 23.5 Å². The number of amides is 1. The molecule has 2 bridgehead atoms. The van der Waals surface area contributed by atoms with E-state index in [9.17, 15) is 4.79 Å². The second-order valence-corrected chi connectivity index (χ2v) is 10.4. The third-order valence-electron chi connectivity index (χ3n) is 6.42. The number of methoxy groups -OCH3 is 1. The molecule has 1 aromatic carbocycles. The standard InChI is InChI=1S/C25H33ClN4O4/c1-25(2,3)34-24(31)30-17-7-8-18(30)14-19(13-17)29(4)23-11-10-21(27-28-23)20-9-6-16(26)12-22(20)33-15-32-5/h6,9-12,17-19H,7-8,13-15H2,1-5H3/t17-,18+,19?. The van der Waals surface area contributed by atoms with E-state index in [-0.39, 0.29) is 31.0 Å². The number of carbonyl (C=O) groups is 1. The predicted molar refractivity (Wildman–Crippen MR) is 131 cm³/mol. The lowest BCUT2D eigenvalue weighted by Gasteiger charge is -2.42. The molecule has 34 heavy (non-hydrogen) atoms. The molecular weight excluding hydrogens is 456 g/mol. The van der Waals surface area contributed by atoms with E-state index in [0.717, 1.165) is 37.1 Å². The van der Waals surface area contributed by atoms with Crippen molar-refractivity contribution in [1.29, 1.82) is 0 Å². The number of fused-ring (bicyclic) bond motifs is 2. The van der Waals surface area contributed by atoms with Crippen molar-refractivity contribution < 1.29 is 19.0 Å². The van der Waals surface area contributed by atoms with E-state index >= 15 is 0 Å². The topological polar surface area (TPSA) is 77.0 Å². The van der Waals surface area contributed by atoms with Gasteiger partial charge in [0.1, 0.15) is 11.4 Å². The van der Waals surface area contributed by atoms with Gasteiger partial charge in [0.25, 0.3) is 0 Å². The molecule has 2 fully saturated rings. The monoisotopic (exact) mass is 488 g/mol. The van der Waals surface area contributed by atoms with Crippen molar-refractivity contribution in [3.8, 4) is 17.0 Å². The maximum atomic E-state index is 12.7. The van der Waals surface area contributed by atoms with Crippen LogP contribution in [0.4, 0.5) is 10.6 Å². The van der Waals surface area contributed by atoms with Gasteiger partial charge in [-0.05, 0) is 76.8 Å². The smallest absolute Gasteiger partial charge is 0.410 e. The number of anilines is 1. The number of halogens is 1. The van der Waals surface area contributed by atoms with E-state index in [1.807, 2.05) is 50.9 Å². The van der Waals surface area contributed by atoms with Crippen LogP contribution in [0, 0.1) is 0 Å². The minimum absolute atomic E-state index is 0.117. The SMILES string of the molecule is COCOc1cc(Cl)ccc1-c1ccc(N(C)C2C[C@H]3CC[C@@H](C2)N3C(=O)OC(C)(C)C)nn1. The van der Waals surface area contributed by atoms with Gasteiger partial charge in [-0.25, -0.2) is 4.79 Å². The molecule has 0 saturated carbocycles. The first-order valence-electron chi connectivity index (χ1n) is 11.7. The first-order chi connectivity index (χ1) is 16.2. The third-order valence-corrected chi connectivity index (χ3v) is 6.66. The summed E-state index contributed by atoms with van der Waals surface area (Å²) >= 11 is 6.13. The number of piperidine rings is 1. The van der Waals surface area contributed by atoms with Crippen LogP contribution in [0.2, 0.25) is 5.02 Å². The zero-order valence-corrected chi connectivity index (χ0v) is 21.2. The minimum Gasteiger partial charge on any atom is -0.467 e. The lowest BCUT2D eigenvalue weighted by molar-refractivity contribution is 0.00596. The number of nitrogens with zero attached hydrogens (tertiary/aromatic N) is 4. The number of hydrogen-bond acceptors (Lipinski definition) is 7. The van der Waals surface area contributed by atoms with Gasteiger partial charge in [-0.2, -0.15) is 0 Å². The van der Waals surface area contributed by atoms with Crippen LogP contribution in [-0.4, -0.2) is 65.9 Å². The summed E-state index contributed by atoms with van der Waals surface area (Å²) in [5, 5.41) is 9.53. The molecule has 184 valence electrons. The molecule has 2 aliphatic heterocycles. The molecule has 2 aliphatic rings. The number of benzene rings is 1. The van der Waals surface area contributed by atoms with E-state index in [2.05, 4.69) is 15.1 Å². The van der Waals surface area contributed by atoms with Crippen molar-refractivity contribution in [2.45, 2.75) is 70.2 Å². The molecule has 3 atom stereocenters. The number of rotatable bonds is 6. The first kappa shape index (κ1) is 24.5. The highest BCUT2D eigenvalue weighted by Gasteiger charge is 2.45. The van der Waals surface area contributed by atoms with E-state index in [4.69, 9.17) is 25.8 Å². The highest BCUT2D eigenvalue weighted by Crippen LogP contribution is 2.39. The van der Waals surface area contributed by atoms with Gasteiger partial charge >= 0.3 is 6.09 Å². The Morgan fingerprint density at radius 1 is 1.15 bits per heavy atom. The van der Waals surface area contributed by atoms with Crippen LogP contribution in [0.1, 0.15) is 46.5 Å². The fraction of sp³-hybridized carbons (Fsp3) is 0.560. The van der Waals surface area contributed by atoms with Gasteiger partial charge in [0.05, 0.1) is 5.69 Å². The van der Waals surface area contributed by atoms with Gasteiger partial charge in [-0.1, -0.05) is 11.6 Å². The molecule has 1 amide bonds. The Morgan fingerprint density at radius 3 is 2.44 bits per heavy atom. The highest BCUT2D eigenvalue weighted by atomic mass is 35.5. The summed E-state index contributed by atoms with van der Waals surface area (Å²) in [5.74, 6) is 1.39. The van der Waals surface area contributed by atoms with Crippen LogP contribution < -0.4 is 9.64 Å². The van der Waals surface area contributed by atoms with Gasteiger partial charge in [0.15, 0.2) is 12.6 Å². The van der Waals surface area contributed by atoms with E-state index in [0.29, 0.717) is 16.5 Å². The van der Waals surface area contributed by atoms with Crippen LogP contribution in [0.5, 0.6) is 5.75 Å². The molecule has 1 aromatic heterocycles. The summed E-state index contributed by atoms with van der Waals surface area (Å²) in [6.45, 7) is 5.84. The molecule has 1 unspecified atom stereocenters. The van der Waals surface area contributed by atoms with Crippen molar-refractivity contribution in [3.63, 3.8) is 0 Å². The summed E-state index contributed by atoms with van der Waals surface area (Å²) in [7, 11) is 3.62. The van der Waals surface area contributed by atoms with Crippen molar-refractivity contribution in [1.82, 2.24) is 15.1 Å². The Kier molecular flexibility index (Phi) is 7.19. The summed E-state index contributed by atoms with van der Waals surface area (Å²) in [6, 6.07) is 9.99. The van der Waals surface area contributed by atoms with Gasteiger partial charge < -0.3 is 24.0 Å². The number of ether oxygens (including phenoxy) is 3. The molecule has 0 radical (unpaired) electrons. The Labute approximate surface area is 206 Å². The molecule has 2 saturated heterocycles. The summed E-state index contributed by atoms with van der Waals surface area (Å²) < 4.78 is 16.3. The molecule has 8 nitrogen and oxygen atoms in total. The Morgan fingerprint density at radius 2 is 1.85 bits per heavy atom. The van der Waals surface area contributed by atoms with E-state index in [1.165, 1.54) is 0 Å². The van der Waals surface area contributed by atoms with Gasteiger partial charge in [0, 0.05) is 42.9 Å². The Balaban J connectivity index is 1.45. The maximum absolute atomic E-state index is 12.7. The average molecular weight is 489 g/mol. The predicted octanol–water partition coefficient (Wildman–Crippen LogP) is 5.15. The Bertz CT molecular complexity index is 997. The second kappa shape index (κ2) is 9.96. The van der Waals surface area contributed by atoms with Gasteiger partial charge in [0.2, 0.25) is 0 Å². The molecule has 0 N–H and O–H groups in total. The third kappa shape index (κ3) is 5.39. The van der Waals surface area contributed by atoms with Crippen LogP contribution >= 0.6 is 11.6 Å². The van der Waals surface area contributed by atoms with Crippen LogP contribution in [-0.2, 0) is 9.47 Å². The zero-order chi connectivity index (χ0) is 24.5. The molecule has 3 heterocycles. The largest absolute Gasteiger partial charge is 0.467 e. The lowest BCUT2D eigenvalue weighted by Crippen LogP contribution is -2.53. The van der Waals surface area contributed by atoms with Gasteiger partial charge in [-0.3, -0.25) is 0 Å². The highest BCUT2D eigenvalue weighted by molar-refractivity contribution is 6.30. The minimum atomic E-state index is -0.486. The van der Waals surface area contributed by atoms with Crippen molar-refractivity contribution in [2.24, 2.45) is 0 Å². The van der Waals surface area contributed by atoms with Crippen molar-refractivity contribution in [2.75, 3.05) is 25.9 Å². The lowest BCUT2D eigenvalue weighted by atomic mass is 9.96. The number of hydrogen-bond donors (Lipinski definition) is 0. The summed E-state index contributed by atoms with van der Waals surface area (Å²) in [6.07, 6.45) is 3.61. The summed E-state index contributed by atoms with van der Waals surface area (Å²) in [4.78, 5) is 16.9. The van der Waals surface area contributed by atoms with Crippen LogP contribution in [0.25, 0.3) is 11.3 Å². The van der Waals surface area contributed by atoms with Crippen molar-refractivity contribution in [3.05, 3.63) is 35.4 Å². The molecule has 0 aliphatic carbocycles. The van der Waals surface area contributed by atoms with Crippen LogP contribution in [0.15, 0.2) is 30.3 Å². The maximum Gasteiger partial charge on any atom is 0.410 e. The average Bonchev–Trinajstić information content (AvgIpc) is 3.06. The quantitative estimate of drug-likeness (QED) is 0.520. The molecule has 0 spiro atoms. The van der Waals surface area contributed by atoms with Crippen LogP contribution in [0.3, 0.4) is 0 Å². The number of carbonyl (C=O) groups excluding carboxylic acids is 1. The number of aromatic nitrogens is 2.